The van der Waals surface area contributed by atoms with E-state index in [0.29, 0.717) is 18.1 Å². The number of nitrogens with zero attached hydrogens (tertiary/aromatic N) is 3. The maximum Gasteiger partial charge on any atom is 0.154 e. The lowest BCUT2D eigenvalue weighted by Gasteiger charge is -2.25. The number of hydrogen-bond acceptors (Lipinski definition) is 6. The van der Waals surface area contributed by atoms with Crippen molar-refractivity contribution in [3.05, 3.63) is 83.6 Å². The van der Waals surface area contributed by atoms with E-state index in [1.54, 1.807) is 18.2 Å². The van der Waals surface area contributed by atoms with Crippen LogP contribution in [-0.4, -0.2) is 48.9 Å². The minimum Gasteiger partial charge on any atom is -0.383 e. The van der Waals surface area contributed by atoms with Crippen molar-refractivity contribution in [1.82, 2.24) is 9.88 Å². The number of benzene rings is 2. The van der Waals surface area contributed by atoms with Gasteiger partial charge in [0, 0.05) is 37.5 Å². The van der Waals surface area contributed by atoms with Crippen molar-refractivity contribution < 1.29 is 4.74 Å². The summed E-state index contributed by atoms with van der Waals surface area (Å²) in [6.07, 6.45) is 1.71. The Balaban J connectivity index is 1.63. The molecule has 1 aliphatic rings. The first-order chi connectivity index (χ1) is 15.1. The van der Waals surface area contributed by atoms with Crippen molar-refractivity contribution in [3.63, 3.8) is 0 Å². The summed E-state index contributed by atoms with van der Waals surface area (Å²) < 4.78 is 5.14. The van der Waals surface area contributed by atoms with Crippen LogP contribution in [0.3, 0.4) is 0 Å². The van der Waals surface area contributed by atoms with Gasteiger partial charge in [0.05, 0.1) is 18.0 Å². The van der Waals surface area contributed by atoms with E-state index in [2.05, 4.69) is 22.2 Å². The molecule has 4 rings (SSSR count). The van der Waals surface area contributed by atoms with Crippen LogP contribution in [0.4, 0.5) is 17.2 Å². The van der Waals surface area contributed by atoms with Gasteiger partial charge in [-0.25, -0.2) is 4.98 Å². The van der Waals surface area contributed by atoms with Crippen LogP contribution in [0.2, 0.25) is 0 Å². The monoisotopic (exact) mass is 414 g/mol. The first-order valence-electron chi connectivity index (χ1n) is 10.1. The quantitative estimate of drug-likeness (QED) is 0.418. The molecule has 7 heteroatoms. The van der Waals surface area contributed by atoms with Gasteiger partial charge < -0.3 is 10.1 Å². The summed E-state index contributed by atoms with van der Waals surface area (Å²) in [5.74, 6) is 1.10. The molecule has 7 nitrogen and oxygen atoms in total. The third-order valence-corrected chi connectivity index (χ3v) is 5.27. The normalized spacial score (nSPS) is 12.7. The summed E-state index contributed by atoms with van der Waals surface area (Å²) in [5, 5.41) is 21.1. The van der Waals surface area contributed by atoms with Gasteiger partial charge in [-0.05, 0) is 36.9 Å². The predicted molar refractivity (Wildman–Crippen MR) is 125 cm³/mol. The van der Waals surface area contributed by atoms with Gasteiger partial charge in [0.1, 0.15) is 11.7 Å². The molecule has 0 unspecified atom stereocenters. The number of anilines is 3. The molecular formula is C24H26N6O. The van der Waals surface area contributed by atoms with Crippen molar-refractivity contribution in [2.24, 2.45) is 0 Å². The van der Waals surface area contributed by atoms with Gasteiger partial charge in [-0.3, -0.25) is 20.6 Å². The summed E-state index contributed by atoms with van der Waals surface area (Å²) >= 11 is 0. The summed E-state index contributed by atoms with van der Waals surface area (Å²) in [6.45, 7) is 2.36. The molecule has 0 amide bonds. The third-order valence-electron chi connectivity index (χ3n) is 5.27. The lowest BCUT2D eigenvalue weighted by atomic mass is 10.1. The van der Waals surface area contributed by atoms with Crippen molar-refractivity contribution in [1.29, 1.82) is 10.8 Å². The third kappa shape index (κ3) is 4.33. The molecule has 2 heterocycles. The summed E-state index contributed by atoms with van der Waals surface area (Å²) in [6, 6.07) is 19.3. The number of likely N-dealkylation sites (N-methyl/N-ethyl adjacent to an activating group) is 1. The lowest BCUT2D eigenvalue weighted by molar-refractivity contribution is 0.158. The molecule has 31 heavy (non-hydrogen) atoms. The van der Waals surface area contributed by atoms with Crippen LogP contribution < -0.4 is 10.2 Å². The first kappa shape index (κ1) is 20.7. The Labute approximate surface area is 182 Å². The number of pyridine rings is 1. The fraction of sp³-hybridized carbons (Fsp3) is 0.208. The molecule has 2 aromatic carbocycles. The van der Waals surface area contributed by atoms with E-state index in [-0.39, 0.29) is 11.7 Å². The number of rotatable bonds is 6. The molecule has 158 valence electrons. The second-order valence-corrected chi connectivity index (χ2v) is 7.50. The summed E-state index contributed by atoms with van der Waals surface area (Å²) in [5.41, 5.74) is 4.10. The van der Waals surface area contributed by atoms with Crippen LogP contribution >= 0.6 is 0 Å². The van der Waals surface area contributed by atoms with Gasteiger partial charge in [-0.15, -0.1) is 0 Å². The van der Waals surface area contributed by atoms with E-state index in [4.69, 9.17) is 15.6 Å². The number of fused-ring (bicyclic) bond motifs is 2. The zero-order valence-corrected chi connectivity index (χ0v) is 17.7. The predicted octanol–water partition coefficient (Wildman–Crippen LogP) is 4.07. The standard InChI is InChI=1S/C24H26N6O/c1-29(14-15-31-2)16-17-9-11-18(12-10-17)22(25)30-21-8-5-13-27-24(21)28-20-7-4-3-6-19(20)23(30)26/h3-13,25-26H,14-16H2,1-2H3,(H,27,28). The molecule has 0 saturated heterocycles. The molecule has 0 bridgehead atoms. The maximum atomic E-state index is 8.93. The van der Waals surface area contributed by atoms with Crippen LogP contribution in [0.15, 0.2) is 66.9 Å². The van der Waals surface area contributed by atoms with Gasteiger partial charge in [0.25, 0.3) is 0 Å². The number of nitrogens with one attached hydrogen (secondary N) is 3. The Morgan fingerprint density at radius 2 is 1.87 bits per heavy atom. The Hall–Kier alpha value is -3.55. The van der Waals surface area contributed by atoms with E-state index in [1.165, 1.54) is 0 Å². The van der Waals surface area contributed by atoms with Gasteiger partial charge in [-0.1, -0.05) is 36.4 Å². The minimum absolute atomic E-state index is 0.233. The van der Waals surface area contributed by atoms with Gasteiger partial charge >= 0.3 is 0 Å². The molecule has 0 radical (unpaired) electrons. The zero-order valence-electron chi connectivity index (χ0n) is 17.7. The van der Waals surface area contributed by atoms with Gasteiger partial charge in [-0.2, -0.15) is 0 Å². The van der Waals surface area contributed by atoms with E-state index in [0.717, 1.165) is 35.5 Å². The molecular weight excluding hydrogens is 388 g/mol. The highest BCUT2D eigenvalue weighted by Gasteiger charge is 2.28. The van der Waals surface area contributed by atoms with Crippen molar-refractivity contribution in [3.8, 4) is 0 Å². The highest BCUT2D eigenvalue weighted by Crippen LogP contribution is 2.34. The van der Waals surface area contributed by atoms with Gasteiger partial charge in [0.2, 0.25) is 0 Å². The average Bonchev–Trinajstić information content (AvgIpc) is 2.91. The van der Waals surface area contributed by atoms with E-state index in [1.807, 2.05) is 60.7 Å². The Morgan fingerprint density at radius 1 is 1.10 bits per heavy atom. The topological polar surface area (TPSA) is 88.3 Å². The Bertz CT molecular complexity index is 1100. The summed E-state index contributed by atoms with van der Waals surface area (Å²) in [7, 11) is 3.76. The number of amidine groups is 2. The van der Waals surface area contributed by atoms with Crippen LogP contribution in [-0.2, 0) is 11.3 Å². The maximum absolute atomic E-state index is 8.93. The molecule has 3 aromatic rings. The molecule has 0 spiro atoms. The SMILES string of the molecule is COCCN(C)Cc1ccc(C(=N)N2C(=N)c3ccccc3Nc3ncccc32)cc1. The second kappa shape index (κ2) is 9.07. The van der Waals surface area contributed by atoms with E-state index < -0.39 is 0 Å². The van der Waals surface area contributed by atoms with Crippen molar-refractivity contribution in [2.75, 3.05) is 37.5 Å². The van der Waals surface area contributed by atoms with Crippen LogP contribution in [0, 0.1) is 10.8 Å². The number of ether oxygens (including phenoxy) is 1. The molecule has 0 saturated carbocycles. The molecule has 0 fully saturated rings. The van der Waals surface area contributed by atoms with Crippen LogP contribution in [0.1, 0.15) is 16.7 Å². The molecule has 3 N–H and O–H groups in total. The van der Waals surface area contributed by atoms with Crippen LogP contribution in [0.5, 0.6) is 0 Å². The highest BCUT2D eigenvalue weighted by atomic mass is 16.5. The molecule has 1 aromatic heterocycles. The number of hydrogen-bond donors (Lipinski definition) is 3. The molecule has 1 aliphatic heterocycles. The van der Waals surface area contributed by atoms with Crippen molar-refractivity contribution >= 4 is 28.9 Å². The van der Waals surface area contributed by atoms with E-state index >= 15 is 0 Å². The smallest absolute Gasteiger partial charge is 0.154 e. The van der Waals surface area contributed by atoms with Gasteiger partial charge in [0.15, 0.2) is 5.82 Å². The number of para-hydroxylation sites is 1. The first-order valence-corrected chi connectivity index (χ1v) is 10.1. The van der Waals surface area contributed by atoms with E-state index in [9.17, 15) is 0 Å². The average molecular weight is 415 g/mol. The highest BCUT2D eigenvalue weighted by molar-refractivity contribution is 6.30. The fourth-order valence-electron chi connectivity index (χ4n) is 3.61. The molecule has 0 atom stereocenters. The summed E-state index contributed by atoms with van der Waals surface area (Å²) in [4.78, 5) is 8.28. The Morgan fingerprint density at radius 3 is 2.65 bits per heavy atom. The van der Waals surface area contributed by atoms with Crippen LogP contribution in [0.25, 0.3) is 0 Å². The second-order valence-electron chi connectivity index (χ2n) is 7.50. The lowest BCUT2D eigenvalue weighted by Crippen LogP contribution is -2.36. The Kier molecular flexibility index (Phi) is 6.06. The minimum atomic E-state index is 0.233. The number of methoxy groups -OCH3 is 1. The largest absolute Gasteiger partial charge is 0.383 e. The van der Waals surface area contributed by atoms with Crippen molar-refractivity contribution in [2.45, 2.75) is 6.54 Å². The zero-order chi connectivity index (χ0) is 21.8. The fourth-order valence-corrected chi connectivity index (χ4v) is 3.61. The molecule has 0 aliphatic carbocycles. The number of aromatic nitrogens is 1.